The Kier molecular flexibility index (Phi) is 3.25. The monoisotopic (exact) mass is 248 g/mol. The van der Waals surface area contributed by atoms with Gasteiger partial charge in [0.05, 0.1) is 10.5 Å². The van der Waals surface area contributed by atoms with Crippen LogP contribution in [0, 0.1) is 12.8 Å². The minimum Gasteiger partial charge on any atom is -0.398 e. The van der Waals surface area contributed by atoms with Crippen LogP contribution in [0.2, 0.25) is 5.02 Å². The summed E-state index contributed by atoms with van der Waals surface area (Å²) in [6, 6.07) is 5.79. The summed E-state index contributed by atoms with van der Waals surface area (Å²) in [6.45, 7) is 6.38. The molecule has 0 bridgehead atoms. The number of hydrogen-bond acceptors (Lipinski definition) is 2. The smallest absolute Gasteiger partial charge is 0.0770 e. The molecule has 0 unspecified atom stereocenters. The van der Waals surface area contributed by atoms with Crippen molar-refractivity contribution in [2.45, 2.75) is 27.2 Å². The molecule has 0 aliphatic carbocycles. The van der Waals surface area contributed by atoms with Crippen molar-refractivity contribution < 1.29 is 0 Å². The first-order valence-electron chi connectivity index (χ1n) is 5.83. The molecule has 0 spiro atoms. The number of nitrogen functional groups attached to an aromatic ring is 1. The molecule has 0 fully saturated rings. The Bertz CT molecular complexity index is 562. The van der Waals surface area contributed by atoms with Crippen LogP contribution in [-0.2, 0) is 6.42 Å². The molecular formula is C14H17ClN2. The van der Waals surface area contributed by atoms with Gasteiger partial charge in [0, 0.05) is 16.8 Å². The molecule has 0 amide bonds. The lowest BCUT2D eigenvalue weighted by atomic mass is 10.0. The van der Waals surface area contributed by atoms with Crippen molar-refractivity contribution in [2.75, 3.05) is 5.73 Å². The van der Waals surface area contributed by atoms with E-state index in [1.807, 2.05) is 25.1 Å². The fourth-order valence-electron chi connectivity index (χ4n) is 2.04. The van der Waals surface area contributed by atoms with Crippen molar-refractivity contribution in [2.24, 2.45) is 5.92 Å². The van der Waals surface area contributed by atoms with Crippen LogP contribution in [0.25, 0.3) is 10.9 Å². The molecule has 2 aromatic rings. The molecule has 1 aromatic heterocycles. The SMILES string of the molecule is Cc1ccc(Cl)c2c(N)cc(CC(C)C)nc12. The van der Waals surface area contributed by atoms with E-state index in [0.29, 0.717) is 10.9 Å². The quantitative estimate of drug-likeness (QED) is 0.873. The zero-order valence-electron chi connectivity index (χ0n) is 10.4. The molecule has 3 heteroatoms. The van der Waals surface area contributed by atoms with Crippen LogP contribution in [0.15, 0.2) is 18.2 Å². The van der Waals surface area contributed by atoms with E-state index in [1.165, 1.54) is 0 Å². The highest BCUT2D eigenvalue weighted by Crippen LogP contribution is 2.30. The highest BCUT2D eigenvalue weighted by atomic mass is 35.5. The van der Waals surface area contributed by atoms with Crippen LogP contribution in [-0.4, -0.2) is 4.98 Å². The summed E-state index contributed by atoms with van der Waals surface area (Å²) >= 11 is 6.17. The van der Waals surface area contributed by atoms with Crippen LogP contribution < -0.4 is 5.73 Å². The topological polar surface area (TPSA) is 38.9 Å². The van der Waals surface area contributed by atoms with Crippen LogP contribution >= 0.6 is 11.6 Å². The number of nitrogens with zero attached hydrogens (tertiary/aromatic N) is 1. The fourth-order valence-corrected chi connectivity index (χ4v) is 2.30. The Labute approximate surface area is 107 Å². The molecule has 1 aromatic carbocycles. The molecule has 0 aliphatic heterocycles. The first-order chi connectivity index (χ1) is 7.99. The molecule has 0 aliphatic rings. The minimum atomic E-state index is 0.568. The predicted molar refractivity (Wildman–Crippen MR) is 74.4 cm³/mol. The molecule has 17 heavy (non-hydrogen) atoms. The summed E-state index contributed by atoms with van der Waals surface area (Å²) in [7, 11) is 0. The van der Waals surface area contributed by atoms with Gasteiger partial charge in [0.25, 0.3) is 0 Å². The number of pyridine rings is 1. The first-order valence-corrected chi connectivity index (χ1v) is 6.21. The number of nitrogens with two attached hydrogens (primary N) is 1. The van der Waals surface area contributed by atoms with Gasteiger partial charge in [0.2, 0.25) is 0 Å². The van der Waals surface area contributed by atoms with E-state index < -0.39 is 0 Å². The average Bonchev–Trinajstić information content (AvgIpc) is 2.22. The van der Waals surface area contributed by atoms with Gasteiger partial charge >= 0.3 is 0 Å². The van der Waals surface area contributed by atoms with Crippen molar-refractivity contribution in [3.8, 4) is 0 Å². The Hall–Kier alpha value is -1.28. The molecule has 0 atom stereocenters. The molecule has 0 radical (unpaired) electrons. The summed E-state index contributed by atoms with van der Waals surface area (Å²) in [5.74, 6) is 0.568. The lowest BCUT2D eigenvalue weighted by Gasteiger charge is -2.11. The van der Waals surface area contributed by atoms with Gasteiger partial charge in [-0.3, -0.25) is 4.98 Å². The van der Waals surface area contributed by atoms with Crippen molar-refractivity contribution in [1.29, 1.82) is 0 Å². The van der Waals surface area contributed by atoms with Crippen molar-refractivity contribution >= 4 is 28.2 Å². The van der Waals surface area contributed by atoms with E-state index in [2.05, 4.69) is 18.8 Å². The Morgan fingerprint density at radius 1 is 1.35 bits per heavy atom. The number of anilines is 1. The molecule has 0 saturated carbocycles. The maximum atomic E-state index is 6.17. The zero-order chi connectivity index (χ0) is 12.6. The van der Waals surface area contributed by atoms with E-state index in [1.54, 1.807) is 0 Å². The number of benzene rings is 1. The van der Waals surface area contributed by atoms with E-state index >= 15 is 0 Å². The van der Waals surface area contributed by atoms with Crippen LogP contribution in [0.1, 0.15) is 25.1 Å². The molecule has 1 heterocycles. The second kappa shape index (κ2) is 4.53. The first kappa shape index (κ1) is 12.2. The highest BCUT2D eigenvalue weighted by molar-refractivity contribution is 6.36. The van der Waals surface area contributed by atoms with Crippen molar-refractivity contribution in [1.82, 2.24) is 4.98 Å². The molecule has 2 nitrogen and oxygen atoms in total. The van der Waals surface area contributed by atoms with Gasteiger partial charge in [-0.2, -0.15) is 0 Å². The van der Waals surface area contributed by atoms with Gasteiger partial charge in [0.15, 0.2) is 0 Å². The van der Waals surface area contributed by atoms with Crippen LogP contribution in [0.3, 0.4) is 0 Å². The van der Waals surface area contributed by atoms with Crippen molar-refractivity contribution in [3.63, 3.8) is 0 Å². The average molecular weight is 249 g/mol. The minimum absolute atomic E-state index is 0.568. The normalized spacial score (nSPS) is 11.4. The van der Waals surface area contributed by atoms with E-state index in [-0.39, 0.29) is 0 Å². The van der Waals surface area contributed by atoms with Gasteiger partial charge in [-0.15, -0.1) is 0 Å². The Balaban J connectivity index is 2.68. The third-order valence-electron chi connectivity index (χ3n) is 2.81. The largest absolute Gasteiger partial charge is 0.398 e. The van der Waals surface area contributed by atoms with E-state index in [4.69, 9.17) is 17.3 Å². The number of rotatable bonds is 2. The maximum absolute atomic E-state index is 6.17. The second-order valence-corrected chi connectivity index (χ2v) is 5.30. The summed E-state index contributed by atoms with van der Waals surface area (Å²) in [4.78, 5) is 4.67. The lowest BCUT2D eigenvalue weighted by molar-refractivity contribution is 0.637. The zero-order valence-corrected chi connectivity index (χ0v) is 11.2. The van der Waals surface area contributed by atoms with Crippen molar-refractivity contribution in [3.05, 3.63) is 34.5 Å². The number of aryl methyl sites for hydroxylation is 1. The Morgan fingerprint density at radius 3 is 2.71 bits per heavy atom. The Morgan fingerprint density at radius 2 is 2.06 bits per heavy atom. The van der Waals surface area contributed by atoms with Gasteiger partial charge in [-0.25, -0.2) is 0 Å². The summed E-state index contributed by atoms with van der Waals surface area (Å²) in [5.41, 5.74) is 9.87. The van der Waals surface area contributed by atoms with Gasteiger partial charge in [-0.1, -0.05) is 31.5 Å². The number of hydrogen-bond donors (Lipinski definition) is 1. The van der Waals surface area contributed by atoms with Gasteiger partial charge in [-0.05, 0) is 37.0 Å². The molecule has 2 N–H and O–H groups in total. The lowest BCUT2D eigenvalue weighted by Crippen LogP contribution is -2.01. The predicted octanol–water partition coefficient (Wildman–Crippen LogP) is 3.98. The maximum Gasteiger partial charge on any atom is 0.0770 e. The molecular weight excluding hydrogens is 232 g/mol. The van der Waals surface area contributed by atoms with E-state index in [9.17, 15) is 0 Å². The van der Waals surface area contributed by atoms with Gasteiger partial charge < -0.3 is 5.73 Å². The summed E-state index contributed by atoms with van der Waals surface area (Å²) in [5, 5.41) is 1.55. The summed E-state index contributed by atoms with van der Waals surface area (Å²) < 4.78 is 0. The molecule has 90 valence electrons. The number of fused-ring (bicyclic) bond motifs is 1. The second-order valence-electron chi connectivity index (χ2n) is 4.89. The highest BCUT2D eigenvalue weighted by Gasteiger charge is 2.10. The number of aromatic nitrogens is 1. The number of halogens is 1. The molecule has 2 rings (SSSR count). The third kappa shape index (κ3) is 2.37. The van der Waals surface area contributed by atoms with Crippen LogP contribution in [0.5, 0.6) is 0 Å². The van der Waals surface area contributed by atoms with Gasteiger partial charge in [0.1, 0.15) is 0 Å². The van der Waals surface area contributed by atoms with Crippen LogP contribution in [0.4, 0.5) is 5.69 Å². The summed E-state index contributed by atoms with van der Waals surface area (Å²) in [6.07, 6.45) is 0.937. The fraction of sp³-hybridized carbons (Fsp3) is 0.357. The standard InChI is InChI=1S/C14H17ClN2/c1-8(2)6-10-7-12(16)13-11(15)5-4-9(3)14(13)17-10/h4-5,7-8H,6H2,1-3H3,(H2,16,17). The molecule has 0 saturated heterocycles. The van der Waals surface area contributed by atoms with E-state index in [0.717, 1.165) is 34.3 Å². The third-order valence-corrected chi connectivity index (χ3v) is 3.13.